The third kappa shape index (κ3) is 6.83. The average molecular weight is 352 g/mol. The molecule has 0 unspecified atom stereocenters. The topological polar surface area (TPSA) is 38.8 Å². The number of carbonyl (C=O) groups excluding carboxylic acids is 1. The smallest absolute Gasteiger partial charge is 0.223 e. The minimum absolute atomic E-state index is 0.286. The van der Waals surface area contributed by atoms with E-state index in [1.54, 1.807) is 18.9 Å². The number of rotatable bonds is 9. The molecule has 1 aliphatic rings. The molecule has 0 saturated carbocycles. The van der Waals surface area contributed by atoms with E-state index in [9.17, 15) is 4.79 Å². The molecule has 0 radical (unpaired) electrons. The van der Waals surface area contributed by atoms with Crippen LogP contribution in [-0.2, 0) is 14.3 Å². The van der Waals surface area contributed by atoms with E-state index >= 15 is 0 Å². The molecule has 0 bridgehead atoms. The number of carbonyl (C=O) groups is 1. The maximum Gasteiger partial charge on any atom is 0.223 e. The number of amides is 1. The lowest BCUT2D eigenvalue weighted by atomic mass is 9.97. The van der Waals surface area contributed by atoms with Gasteiger partial charge in [0, 0.05) is 43.9 Å². The van der Waals surface area contributed by atoms with E-state index < -0.39 is 0 Å². The van der Waals surface area contributed by atoms with Crippen LogP contribution in [0.3, 0.4) is 0 Å². The molecule has 0 spiro atoms. The van der Waals surface area contributed by atoms with Crippen molar-refractivity contribution in [3.63, 3.8) is 0 Å². The van der Waals surface area contributed by atoms with Gasteiger partial charge in [0.1, 0.15) is 0 Å². The zero-order valence-electron chi connectivity index (χ0n) is 14.8. The molecule has 0 aliphatic carbocycles. The Kier molecular flexibility index (Phi) is 8.64. The van der Waals surface area contributed by atoms with Crippen LogP contribution >= 0.6 is 11.8 Å². The lowest BCUT2D eigenvalue weighted by Crippen LogP contribution is -2.39. The number of piperidine rings is 1. The van der Waals surface area contributed by atoms with Gasteiger partial charge in [0.15, 0.2) is 0 Å². The van der Waals surface area contributed by atoms with Crippen molar-refractivity contribution in [1.82, 2.24) is 4.90 Å². The highest BCUT2D eigenvalue weighted by molar-refractivity contribution is 7.99. The lowest BCUT2D eigenvalue weighted by molar-refractivity contribution is -0.132. The summed E-state index contributed by atoms with van der Waals surface area (Å²) in [7, 11) is 1.69. The number of benzene rings is 1. The SMILES string of the molecule is COCCOCC1CCN(C(=O)CCSc2ccc(C)cc2)CC1. The molecule has 1 amide bonds. The first-order valence-corrected chi connectivity index (χ1v) is 9.71. The maximum atomic E-state index is 12.3. The Balaban J connectivity index is 1.59. The lowest BCUT2D eigenvalue weighted by Gasteiger charge is -2.32. The second-order valence-electron chi connectivity index (χ2n) is 6.30. The second-order valence-corrected chi connectivity index (χ2v) is 7.47. The number of thioether (sulfide) groups is 1. The van der Waals surface area contributed by atoms with Gasteiger partial charge in [0.25, 0.3) is 0 Å². The largest absolute Gasteiger partial charge is 0.382 e. The number of aryl methyl sites for hydroxylation is 1. The van der Waals surface area contributed by atoms with Crippen molar-refractivity contribution < 1.29 is 14.3 Å². The summed E-state index contributed by atoms with van der Waals surface area (Å²) in [5.41, 5.74) is 1.27. The van der Waals surface area contributed by atoms with Gasteiger partial charge in [-0.2, -0.15) is 0 Å². The number of nitrogens with zero attached hydrogens (tertiary/aromatic N) is 1. The molecule has 1 fully saturated rings. The zero-order chi connectivity index (χ0) is 17.2. The molecule has 1 aromatic rings. The molecule has 0 aromatic heterocycles. The highest BCUT2D eigenvalue weighted by Gasteiger charge is 2.22. The van der Waals surface area contributed by atoms with Gasteiger partial charge < -0.3 is 14.4 Å². The first-order chi connectivity index (χ1) is 11.7. The van der Waals surface area contributed by atoms with Gasteiger partial charge in [-0.05, 0) is 37.8 Å². The summed E-state index contributed by atoms with van der Waals surface area (Å²) in [5, 5.41) is 0. The third-order valence-corrected chi connectivity index (χ3v) is 5.37. The first kappa shape index (κ1) is 19.3. The summed E-state index contributed by atoms with van der Waals surface area (Å²) in [5.74, 6) is 1.71. The number of likely N-dealkylation sites (tertiary alicyclic amines) is 1. The third-order valence-electron chi connectivity index (χ3n) is 4.36. The first-order valence-electron chi connectivity index (χ1n) is 8.73. The Morgan fingerprint density at radius 3 is 2.58 bits per heavy atom. The van der Waals surface area contributed by atoms with Gasteiger partial charge in [0.2, 0.25) is 5.91 Å². The molecule has 2 rings (SSSR count). The minimum Gasteiger partial charge on any atom is -0.382 e. The van der Waals surface area contributed by atoms with Gasteiger partial charge >= 0.3 is 0 Å². The second kappa shape index (κ2) is 10.7. The quantitative estimate of drug-likeness (QED) is 0.505. The van der Waals surface area contributed by atoms with Crippen molar-refractivity contribution in [2.45, 2.75) is 31.1 Å². The average Bonchev–Trinajstić information content (AvgIpc) is 2.61. The van der Waals surface area contributed by atoms with E-state index in [-0.39, 0.29) is 5.91 Å². The predicted molar refractivity (Wildman–Crippen MR) is 98.5 cm³/mol. The van der Waals surface area contributed by atoms with E-state index in [1.165, 1.54) is 10.5 Å². The van der Waals surface area contributed by atoms with E-state index in [4.69, 9.17) is 9.47 Å². The van der Waals surface area contributed by atoms with E-state index in [2.05, 4.69) is 31.2 Å². The van der Waals surface area contributed by atoms with E-state index in [1.807, 2.05) is 4.90 Å². The maximum absolute atomic E-state index is 12.3. The van der Waals surface area contributed by atoms with Crippen LogP contribution in [-0.4, -0.2) is 56.6 Å². The Morgan fingerprint density at radius 2 is 1.92 bits per heavy atom. The Morgan fingerprint density at radius 1 is 1.21 bits per heavy atom. The normalized spacial score (nSPS) is 15.7. The van der Waals surface area contributed by atoms with Crippen molar-refractivity contribution in [3.05, 3.63) is 29.8 Å². The molecule has 1 aliphatic heterocycles. The molecule has 5 heteroatoms. The molecular weight excluding hydrogens is 322 g/mol. The van der Waals surface area contributed by atoms with Crippen LogP contribution in [0.4, 0.5) is 0 Å². The summed E-state index contributed by atoms with van der Waals surface area (Å²) in [6, 6.07) is 8.48. The van der Waals surface area contributed by atoms with Crippen molar-refractivity contribution in [2.75, 3.05) is 45.8 Å². The van der Waals surface area contributed by atoms with Crippen LogP contribution in [0.25, 0.3) is 0 Å². The van der Waals surface area contributed by atoms with E-state index in [0.29, 0.717) is 25.6 Å². The fourth-order valence-electron chi connectivity index (χ4n) is 2.79. The minimum atomic E-state index is 0.286. The molecular formula is C19H29NO3S. The van der Waals surface area contributed by atoms with Gasteiger partial charge in [0.05, 0.1) is 13.2 Å². The summed E-state index contributed by atoms with van der Waals surface area (Å²) < 4.78 is 10.6. The Labute approximate surface area is 149 Å². The molecule has 134 valence electrons. The Bertz CT molecular complexity index is 484. The number of hydrogen-bond donors (Lipinski definition) is 0. The van der Waals surface area contributed by atoms with E-state index in [0.717, 1.165) is 38.3 Å². The molecule has 0 atom stereocenters. The summed E-state index contributed by atoms with van der Waals surface area (Å²) >= 11 is 1.76. The zero-order valence-corrected chi connectivity index (χ0v) is 15.6. The van der Waals surface area contributed by atoms with Crippen LogP contribution in [0, 0.1) is 12.8 Å². The fraction of sp³-hybridized carbons (Fsp3) is 0.632. The fourth-order valence-corrected chi connectivity index (χ4v) is 3.63. The molecule has 4 nitrogen and oxygen atoms in total. The highest BCUT2D eigenvalue weighted by atomic mass is 32.2. The molecule has 1 saturated heterocycles. The van der Waals surface area contributed by atoms with Crippen LogP contribution in [0.1, 0.15) is 24.8 Å². The highest BCUT2D eigenvalue weighted by Crippen LogP contribution is 2.21. The van der Waals surface area contributed by atoms with Gasteiger partial charge in [-0.3, -0.25) is 4.79 Å². The van der Waals surface area contributed by atoms with Crippen molar-refractivity contribution in [2.24, 2.45) is 5.92 Å². The monoisotopic (exact) mass is 351 g/mol. The summed E-state index contributed by atoms with van der Waals surface area (Å²) in [4.78, 5) is 15.6. The van der Waals surface area contributed by atoms with Crippen LogP contribution < -0.4 is 0 Å². The number of ether oxygens (including phenoxy) is 2. The Hall–Kier alpha value is -1.04. The van der Waals surface area contributed by atoms with Crippen LogP contribution in [0.2, 0.25) is 0 Å². The number of methoxy groups -OCH3 is 1. The predicted octanol–water partition coefficient (Wildman–Crippen LogP) is 3.38. The number of hydrogen-bond acceptors (Lipinski definition) is 4. The van der Waals surface area contributed by atoms with Crippen molar-refractivity contribution in [3.8, 4) is 0 Å². The van der Waals surface area contributed by atoms with Gasteiger partial charge in [-0.25, -0.2) is 0 Å². The van der Waals surface area contributed by atoms with Crippen LogP contribution in [0.5, 0.6) is 0 Å². The molecule has 1 aromatic carbocycles. The van der Waals surface area contributed by atoms with Crippen molar-refractivity contribution in [1.29, 1.82) is 0 Å². The molecule has 24 heavy (non-hydrogen) atoms. The molecule has 1 heterocycles. The summed E-state index contributed by atoms with van der Waals surface area (Å²) in [6.07, 6.45) is 2.71. The molecule has 0 N–H and O–H groups in total. The standard InChI is InChI=1S/C19H29NO3S/c1-16-3-5-18(6-4-16)24-14-9-19(21)20-10-7-17(8-11-20)15-23-13-12-22-2/h3-6,17H,7-15H2,1-2H3. The van der Waals surface area contributed by atoms with Crippen molar-refractivity contribution >= 4 is 17.7 Å². The summed E-state index contributed by atoms with van der Waals surface area (Å²) in [6.45, 7) is 5.92. The van der Waals surface area contributed by atoms with Crippen LogP contribution in [0.15, 0.2) is 29.2 Å². The van der Waals surface area contributed by atoms with Gasteiger partial charge in [-0.1, -0.05) is 17.7 Å². The van der Waals surface area contributed by atoms with Gasteiger partial charge in [-0.15, -0.1) is 11.8 Å².